The van der Waals surface area contributed by atoms with Gasteiger partial charge in [-0.15, -0.1) is 11.8 Å². The number of fused-ring (bicyclic) bond motifs is 1. The summed E-state index contributed by atoms with van der Waals surface area (Å²) in [5, 5.41) is 10.0. The highest BCUT2D eigenvalue weighted by molar-refractivity contribution is 6.70. The molecule has 0 fully saturated rings. The fraction of sp³-hybridized carbons (Fsp3) is 0.480. The Morgan fingerprint density at radius 1 is 1.34 bits per heavy atom. The molecule has 0 radical (unpaired) electrons. The number of methoxy groups -OCH3 is 1. The first-order valence-electron chi connectivity index (χ1n) is 10.3. The number of rotatable bonds is 7. The van der Waals surface area contributed by atoms with Gasteiger partial charge in [-0.3, -0.25) is 0 Å². The lowest BCUT2D eigenvalue weighted by molar-refractivity contribution is 0.386. The van der Waals surface area contributed by atoms with Gasteiger partial charge in [0.05, 0.1) is 7.11 Å². The van der Waals surface area contributed by atoms with Gasteiger partial charge in [-0.25, -0.2) is 0 Å². The van der Waals surface area contributed by atoms with Crippen LogP contribution in [-0.4, -0.2) is 15.4 Å². The van der Waals surface area contributed by atoms with Crippen molar-refractivity contribution in [2.24, 2.45) is 11.8 Å². The molecule has 1 aromatic carbocycles. The molecule has 1 aliphatic carbocycles. The Morgan fingerprint density at radius 3 is 2.62 bits per heavy atom. The molecule has 29 heavy (non-hydrogen) atoms. The third-order valence-corrected chi connectivity index (χ3v) is 6.14. The molecule has 0 N–H and O–H groups in total. The van der Waals surface area contributed by atoms with Gasteiger partial charge in [0, 0.05) is 12.0 Å². The summed E-state index contributed by atoms with van der Waals surface area (Å²) in [4.78, 5) is 0. The van der Waals surface area contributed by atoms with Crippen LogP contribution in [0.15, 0.2) is 36.1 Å². The van der Waals surface area contributed by atoms with E-state index in [1.54, 1.807) is 7.11 Å². The fourth-order valence-corrected chi connectivity index (χ4v) is 4.87. The zero-order chi connectivity index (χ0) is 21.6. The van der Waals surface area contributed by atoms with Crippen LogP contribution < -0.4 is 4.74 Å². The van der Waals surface area contributed by atoms with Crippen LogP contribution in [0, 0.1) is 35.0 Å². The molecule has 0 aromatic heterocycles. The van der Waals surface area contributed by atoms with Crippen molar-refractivity contribution in [2.45, 2.75) is 59.2 Å². The first-order valence-corrected chi connectivity index (χ1v) is 13.7. The van der Waals surface area contributed by atoms with E-state index in [4.69, 9.17) is 9.16 Å². The molecule has 0 unspecified atom stereocenters. The molecule has 0 bridgehead atoms. The van der Waals surface area contributed by atoms with Gasteiger partial charge in [0.1, 0.15) is 11.8 Å². The summed E-state index contributed by atoms with van der Waals surface area (Å²) < 4.78 is 11.7. The Hall–Kier alpha value is -2.43. The van der Waals surface area contributed by atoms with Crippen LogP contribution in [0.2, 0.25) is 19.6 Å². The van der Waals surface area contributed by atoms with Gasteiger partial charge in [-0.05, 0) is 87.8 Å². The van der Waals surface area contributed by atoms with Crippen LogP contribution in [0.4, 0.5) is 0 Å². The number of nitrogens with zero attached hydrogens (tertiary/aromatic N) is 1. The maximum Gasteiger partial charge on any atom is 0.243 e. The van der Waals surface area contributed by atoms with Gasteiger partial charge in [0.15, 0.2) is 5.76 Å². The first-order chi connectivity index (χ1) is 13.7. The van der Waals surface area contributed by atoms with Gasteiger partial charge in [0.25, 0.3) is 0 Å². The lowest BCUT2D eigenvalue weighted by Crippen LogP contribution is -2.28. The number of nitriles is 1. The summed E-state index contributed by atoms with van der Waals surface area (Å²) in [7, 11) is -0.251. The average Bonchev–Trinajstić information content (AvgIpc) is 2.67. The zero-order valence-corrected chi connectivity index (χ0v) is 19.7. The highest BCUT2D eigenvalue weighted by Crippen LogP contribution is 2.46. The molecule has 3 nitrogen and oxygen atoms in total. The summed E-state index contributed by atoms with van der Waals surface area (Å²) in [6.45, 7) is 14.6. The molecular formula is C25H33NO2Si. The Bertz CT molecular complexity index is 890. The SMILES string of the molecule is C=C(C)[C@@H](CCC#CC)[C@@H]1CCc2cc(OC)ccc2/C1=C(/C#N)O[Si](C)(C)C. The molecule has 1 aromatic rings. The van der Waals surface area contributed by atoms with Crippen molar-refractivity contribution in [1.82, 2.24) is 0 Å². The predicted octanol–water partition coefficient (Wildman–Crippen LogP) is 6.34. The lowest BCUT2D eigenvalue weighted by Gasteiger charge is -2.36. The molecule has 2 atom stereocenters. The fourth-order valence-electron chi connectivity index (χ4n) is 4.10. The van der Waals surface area contributed by atoms with E-state index in [1.807, 2.05) is 13.0 Å². The van der Waals surface area contributed by atoms with Crippen LogP contribution in [0.5, 0.6) is 5.75 Å². The van der Waals surface area contributed by atoms with Gasteiger partial charge in [0.2, 0.25) is 8.32 Å². The van der Waals surface area contributed by atoms with Crippen molar-refractivity contribution in [3.63, 3.8) is 0 Å². The van der Waals surface area contributed by atoms with Crippen LogP contribution in [0.1, 0.15) is 44.2 Å². The van der Waals surface area contributed by atoms with Crippen LogP contribution in [-0.2, 0) is 10.8 Å². The average molecular weight is 408 g/mol. The van der Waals surface area contributed by atoms with Crippen molar-refractivity contribution < 1.29 is 9.16 Å². The number of ether oxygens (including phenoxy) is 1. The van der Waals surface area contributed by atoms with Gasteiger partial charge >= 0.3 is 0 Å². The Balaban J connectivity index is 2.63. The summed E-state index contributed by atoms with van der Waals surface area (Å²) in [5.41, 5.74) is 4.52. The van der Waals surface area contributed by atoms with Crippen molar-refractivity contribution in [3.05, 3.63) is 47.2 Å². The van der Waals surface area contributed by atoms with E-state index in [0.29, 0.717) is 5.76 Å². The van der Waals surface area contributed by atoms with Crippen molar-refractivity contribution in [2.75, 3.05) is 7.11 Å². The number of hydrogen-bond acceptors (Lipinski definition) is 3. The molecule has 0 heterocycles. The summed E-state index contributed by atoms with van der Waals surface area (Å²) in [6.07, 6.45) is 3.70. The van der Waals surface area contributed by atoms with E-state index >= 15 is 0 Å². The van der Waals surface area contributed by atoms with E-state index in [9.17, 15) is 5.26 Å². The van der Waals surface area contributed by atoms with E-state index in [0.717, 1.165) is 48.1 Å². The van der Waals surface area contributed by atoms with Crippen molar-refractivity contribution >= 4 is 13.9 Å². The number of benzene rings is 1. The van der Waals surface area contributed by atoms with Crippen LogP contribution >= 0.6 is 0 Å². The number of hydrogen-bond donors (Lipinski definition) is 0. The number of allylic oxidation sites excluding steroid dienone is 3. The number of aryl methyl sites for hydroxylation is 1. The second-order valence-corrected chi connectivity index (χ2v) is 13.1. The summed E-state index contributed by atoms with van der Waals surface area (Å²) in [5.74, 6) is 7.99. The molecular weight excluding hydrogens is 374 g/mol. The van der Waals surface area contributed by atoms with Crippen molar-refractivity contribution in [3.8, 4) is 23.7 Å². The Kier molecular flexibility index (Phi) is 7.77. The van der Waals surface area contributed by atoms with E-state index in [1.165, 1.54) is 5.56 Å². The van der Waals surface area contributed by atoms with Gasteiger partial charge < -0.3 is 9.16 Å². The highest BCUT2D eigenvalue weighted by Gasteiger charge is 2.35. The zero-order valence-electron chi connectivity index (χ0n) is 18.7. The minimum atomic E-state index is -1.94. The van der Waals surface area contributed by atoms with Crippen LogP contribution in [0.3, 0.4) is 0 Å². The second-order valence-electron chi connectivity index (χ2n) is 8.66. The minimum absolute atomic E-state index is 0.207. The van der Waals surface area contributed by atoms with E-state index in [-0.39, 0.29) is 11.8 Å². The first kappa shape index (κ1) is 22.9. The third kappa shape index (κ3) is 5.78. The summed E-state index contributed by atoms with van der Waals surface area (Å²) in [6, 6.07) is 8.54. The smallest absolute Gasteiger partial charge is 0.243 e. The maximum absolute atomic E-state index is 10.0. The van der Waals surface area contributed by atoms with Gasteiger partial charge in [-0.2, -0.15) is 5.26 Å². The standard InChI is InChI=1S/C25H33NO2Si/c1-8-9-10-11-21(18(2)3)23-14-12-19-16-20(27-4)13-15-22(19)25(23)24(17-26)28-29(5,6)7/h13,15-16,21,23H,2,10-12,14H2,1,3-7H3/b25-24+/t21-,23+/m1/s1. The highest BCUT2D eigenvalue weighted by atomic mass is 28.4. The Labute approximate surface area is 177 Å². The third-order valence-electron chi connectivity index (χ3n) is 5.33. The molecule has 0 spiro atoms. The second kappa shape index (κ2) is 9.86. The molecule has 154 valence electrons. The Morgan fingerprint density at radius 2 is 2.07 bits per heavy atom. The quantitative estimate of drug-likeness (QED) is 0.174. The topological polar surface area (TPSA) is 42.2 Å². The largest absolute Gasteiger partial charge is 0.537 e. The maximum atomic E-state index is 10.0. The molecule has 1 aliphatic rings. The molecule has 0 saturated heterocycles. The summed E-state index contributed by atoms with van der Waals surface area (Å²) >= 11 is 0. The molecule has 2 rings (SSSR count). The minimum Gasteiger partial charge on any atom is -0.537 e. The van der Waals surface area contributed by atoms with Crippen LogP contribution in [0.25, 0.3) is 5.57 Å². The van der Waals surface area contributed by atoms with Gasteiger partial charge in [-0.1, -0.05) is 18.2 Å². The predicted molar refractivity (Wildman–Crippen MR) is 123 cm³/mol. The van der Waals surface area contributed by atoms with Crippen molar-refractivity contribution in [1.29, 1.82) is 5.26 Å². The monoisotopic (exact) mass is 407 g/mol. The normalized spacial score (nSPS) is 18.4. The molecule has 0 aliphatic heterocycles. The molecule has 4 heteroatoms. The molecule has 0 saturated carbocycles. The van der Waals surface area contributed by atoms with E-state index in [2.05, 4.69) is 63.2 Å². The van der Waals surface area contributed by atoms with E-state index < -0.39 is 8.32 Å². The lowest BCUT2D eigenvalue weighted by atomic mass is 9.69. The molecule has 0 amide bonds.